The van der Waals surface area contributed by atoms with E-state index in [2.05, 4.69) is 54.6 Å². The molecule has 4 rings (SSSR count). The first-order valence-electron chi connectivity index (χ1n) is 9.19. The lowest BCUT2D eigenvalue weighted by Gasteiger charge is -2.21. The molecule has 1 aromatic heterocycles. The molecule has 1 aliphatic rings. The highest BCUT2D eigenvalue weighted by Crippen LogP contribution is 2.34. The first-order chi connectivity index (χ1) is 12.4. The molecule has 27 heavy (non-hydrogen) atoms. The normalized spacial score (nSPS) is 15.9. The molecule has 0 saturated heterocycles. The zero-order chi connectivity index (χ0) is 18.3. The summed E-state index contributed by atoms with van der Waals surface area (Å²) in [5.41, 5.74) is 5.93. The van der Waals surface area contributed by atoms with Crippen LogP contribution in [-0.4, -0.2) is 11.0 Å². The van der Waals surface area contributed by atoms with Gasteiger partial charge in [-0.1, -0.05) is 45.0 Å². The molecule has 1 heterocycles. The van der Waals surface area contributed by atoms with E-state index in [-0.39, 0.29) is 29.9 Å². The Morgan fingerprint density at radius 1 is 1.15 bits per heavy atom. The molecule has 2 amide bonds. The number of aromatic amines is 1. The fraction of sp³-hybridized carbons (Fsp3) is 0.318. The van der Waals surface area contributed by atoms with Crippen LogP contribution in [0.25, 0.3) is 10.9 Å². The summed E-state index contributed by atoms with van der Waals surface area (Å²) >= 11 is 0. The Hall–Kier alpha value is -2.46. The van der Waals surface area contributed by atoms with Crippen molar-refractivity contribution in [1.29, 1.82) is 0 Å². The van der Waals surface area contributed by atoms with Gasteiger partial charge in [-0.2, -0.15) is 0 Å². The molecular formula is C22H26ClN3O. The lowest BCUT2D eigenvalue weighted by molar-refractivity contribution is 0.248. The molecule has 0 fully saturated rings. The van der Waals surface area contributed by atoms with Crippen LogP contribution in [0.5, 0.6) is 0 Å². The van der Waals surface area contributed by atoms with Crippen LogP contribution >= 0.6 is 12.4 Å². The lowest BCUT2D eigenvalue weighted by Crippen LogP contribution is -2.31. The second-order valence-corrected chi connectivity index (χ2v) is 8.10. The molecule has 0 spiro atoms. The van der Waals surface area contributed by atoms with Crippen molar-refractivity contribution in [2.45, 2.75) is 45.1 Å². The number of carbonyl (C=O) groups is 1. The van der Waals surface area contributed by atoms with E-state index >= 15 is 0 Å². The fourth-order valence-electron chi connectivity index (χ4n) is 3.75. The number of fused-ring (bicyclic) bond motifs is 2. The lowest BCUT2D eigenvalue weighted by atomic mass is 9.85. The van der Waals surface area contributed by atoms with Gasteiger partial charge in [0.25, 0.3) is 0 Å². The third-order valence-corrected chi connectivity index (χ3v) is 5.24. The number of nitrogens with one attached hydrogen (secondary N) is 3. The molecule has 4 nitrogen and oxygen atoms in total. The van der Waals surface area contributed by atoms with Crippen molar-refractivity contribution in [3.05, 3.63) is 65.4 Å². The van der Waals surface area contributed by atoms with Crippen LogP contribution < -0.4 is 10.6 Å². The number of aromatic nitrogens is 1. The summed E-state index contributed by atoms with van der Waals surface area (Å²) in [4.78, 5) is 15.7. The summed E-state index contributed by atoms with van der Waals surface area (Å²) < 4.78 is 0. The molecule has 0 saturated carbocycles. The summed E-state index contributed by atoms with van der Waals surface area (Å²) in [6.45, 7) is 6.69. The number of rotatable bonds is 2. The number of anilines is 1. The van der Waals surface area contributed by atoms with Crippen LogP contribution in [0.4, 0.5) is 10.5 Å². The number of hydrogen-bond acceptors (Lipinski definition) is 1. The summed E-state index contributed by atoms with van der Waals surface area (Å²) in [6, 6.07) is 14.4. The third kappa shape index (κ3) is 3.81. The van der Waals surface area contributed by atoms with Gasteiger partial charge in [-0.05, 0) is 53.1 Å². The predicted molar refractivity (Wildman–Crippen MR) is 114 cm³/mol. The zero-order valence-electron chi connectivity index (χ0n) is 15.9. The average molecular weight is 384 g/mol. The topological polar surface area (TPSA) is 56.9 Å². The van der Waals surface area contributed by atoms with Crippen LogP contribution in [0.1, 0.15) is 49.9 Å². The monoisotopic (exact) mass is 383 g/mol. The Balaban J connectivity index is 0.00000210. The van der Waals surface area contributed by atoms with E-state index in [0.717, 1.165) is 29.4 Å². The Bertz CT molecular complexity index is 971. The molecule has 0 bridgehead atoms. The van der Waals surface area contributed by atoms with Crippen LogP contribution in [0.3, 0.4) is 0 Å². The number of urea groups is 1. The molecular weight excluding hydrogens is 358 g/mol. The molecule has 0 radical (unpaired) electrons. The summed E-state index contributed by atoms with van der Waals surface area (Å²) in [5, 5.41) is 7.15. The first kappa shape index (κ1) is 19.3. The Labute approximate surface area is 166 Å². The van der Waals surface area contributed by atoms with Crippen molar-refractivity contribution in [3.63, 3.8) is 0 Å². The smallest absolute Gasteiger partial charge is 0.319 e. The molecule has 2 aromatic carbocycles. The SMILES string of the molecule is CC(C)(C)c1ccc2c(c1)CCC2NC(=O)Nc1cccc2[nH]ccc12.Cl. The van der Waals surface area contributed by atoms with E-state index in [0.29, 0.717) is 0 Å². The summed E-state index contributed by atoms with van der Waals surface area (Å²) in [7, 11) is 0. The van der Waals surface area contributed by atoms with E-state index in [1.54, 1.807) is 0 Å². The standard InChI is InChI=1S/C22H25N3O.ClH/c1-22(2,3)15-8-9-16-14(13-15)7-10-20(16)25-21(26)24-19-6-4-5-18-17(19)11-12-23-18;/h4-6,8-9,11-13,20,23H,7,10H2,1-3H3,(H2,24,25,26);1H. The van der Waals surface area contributed by atoms with E-state index in [4.69, 9.17) is 0 Å². The van der Waals surface area contributed by atoms with Gasteiger partial charge < -0.3 is 15.6 Å². The maximum Gasteiger partial charge on any atom is 0.319 e. The number of halogens is 1. The quantitative estimate of drug-likeness (QED) is 0.522. The molecule has 1 atom stereocenters. The molecule has 1 aliphatic carbocycles. The molecule has 3 aromatic rings. The van der Waals surface area contributed by atoms with Gasteiger partial charge in [0, 0.05) is 17.1 Å². The fourth-order valence-corrected chi connectivity index (χ4v) is 3.75. The maximum atomic E-state index is 12.5. The molecule has 1 unspecified atom stereocenters. The largest absolute Gasteiger partial charge is 0.361 e. The Morgan fingerprint density at radius 3 is 2.74 bits per heavy atom. The molecule has 3 N–H and O–H groups in total. The van der Waals surface area contributed by atoms with E-state index in [1.807, 2.05) is 30.5 Å². The van der Waals surface area contributed by atoms with Crippen molar-refractivity contribution < 1.29 is 4.79 Å². The first-order valence-corrected chi connectivity index (χ1v) is 9.19. The zero-order valence-corrected chi connectivity index (χ0v) is 16.7. The minimum atomic E-state index is -0.156. The van der Waals surface area contributed by atoms with Crippen LogP contribution in [0, 0.1) is 0 Å². The second kappa shape index (κ2) is 7.28. The van der Waals surface area contributed by atoms with Gasteiger partial charge in [-0.15, -0.1) is 12.4 Å². The van der Waals surface area contributed by atoms with E-state index < -0.39 is 0 Å². The van der Waals surface area contributed by atoms with E-state index in [1.165, 1.54) is 16.7 Å². The van der Waals surface area contributed by atoms with Crippen LogP contribution in [0.15, 0.2) is 48.7 Å². The van der Waals surface area contributed by atoms with Gasteiger partial charge in [0.2, 0.25) is 0 Å². The Morgan fingerprint density at radius 2 is 1.96 bits per heavy atom. The number of amides is 2. The molecule has 0 aliphatic heterocycles. The van der Waals surface area contributed by atoms with Gasteiger partial charge in [0.1, 0.15) is 0 Å². The highest BCUT2D eigenvalue weighted by atomic mass is 35.5. The number of carbonyl (C=O) groups excluding carboxylic acids is 1. The van der Waals surface area contributed by atoms with Crippen LogP contribution in [-0.2, 0) is 11.8 Å². The average Bonchev–Trinajstić information content (AvgIpc) is 3.21. The minimum absolute atomic E-state index is 0. The van der Waals surface area contributed by atoms with Crippen molar-refractivity contribution in [1.82, 2.24) is 10.3 Å². The summed E-state index contributed by atoms with van der Waals surface area (Å²) in [6.07, 6.45) is 3.84. The molecule has 5 heteroatoms. The van der Waals surface area contributed by atoms with Gasteiger partial charge in [-0.25, -0.2) is 4.79 Å². The van der Waals surface area contributed by atoms with Gasteiger partial charge >= 0.3 is 6.03 Å². The highest BCUT2D eigenvalue weighted by Gasteiger charge is 2.26. The van der Waals surface area contributed by atoms with Crippen molar-refractivity contribution in [3.8, 4) is 0 Å². The molecule has 142 valence electrons. The predicted octanol–water partition coefficient (Wildman–Crippen LogP) is 5.70. The maximum absolute atomic E-state index is 12.5. The van der Waals surface area contributed by atoms with E-state index in [9.17, 15) is 4.79 Å². The number of hydrogen-bond donors (Lipinski definition) is 3. The number of benzene rings is 2. The minimum Gasteiger partial charge on any atom is -0.361 e. The van der Waals surface area contributed by atoms with Crippen molar-refractivity contribution in [2.75, 3.05) is 5.32 Å². The van der Waals surface area contributed by atoms with Gasteiger partial charge in [-0.3, -0.25) is 0 Å². The number of aryl methyl sites for hydroxylation is 1. The van der Waals surface area contributed by atoms with Crippen LogP contribution in [0.2, 0.25) is 0 Å². The highest BCUT2D eigenvalue weighted by molar-refractivity contribution is 6.00. The Kier molecular flexibility index (Phi) is 5.20. The van der Waals surface area contributed by atoms with Crippen molar-refractivity contribution in [2.24, 2.45) is 0 Å². The second-order valence-electron chi connectivity index (χ2n) is 8.10. The van der Waals surface area contributed by atoms with Gasteiger partial charge in [0.15, 0.2) is 0 Å². The summed E-state index contributed by atoms with van der Waals surface area (Å²) in [5.74, 6) is 0. The van der Waals surface area contributed by atoms with Crippen molar-refractivity contribution >= 4 is 35.0 Å². The van der Waals surface area contributed by atoms with Gasteiger partial charge in [0.05, 0.1) is 11.7 Å². The third-order valence-electron chi connectivity index (χ3n) is 5.24. The number of H-pyrrole nitrogens is 1.